The van der Waals surface area contributed by atoms with Crippen molar-refractivity contribution >= 4 is 16.3 Å². The van der Waals surface area contributed by atoms with Gasteiger partial charge in [0.25, 0.3) is 10.0 Å². The molecule has 0 radical (unpaired) electrons. The first-order chi connectivity index (χ1) is 10.6. The van der Waals surface area contributed by atoms with Crippen LogP contribution in [0, 0.1) is 0 Å². The molecular weight excluding hydrogens is 300 g/mol. The summed E-state index contributed by atoms with van der Waals surface area (Å²) in [5, 5.41) is 0.0794. The third-order valence-electron chi connectivity index (χ3n) is 3.78. The average molecular weight is 316 g/mol. The summed E-state index contributed by atoms with van der Waals surface area (Å²) >= 11 is 0. The number of carbonyl (C=O) groups is 1. The molecule has 1 aliphatic heterocycles. The summed E-state index contributed by atoms with van der Waals surface area (Å²) in [6.07, 6.45) is 4.02. The summed E-state index contributed by atoms with van der Waals surface area (Å²) in [6, 6.07) is 10.3. The Balaban J connectivity index is 2.07. The summed E-state index contributed by atoms with van der Waals surface area (Å²) in [5.41, 5.74) is 1.85. The van der Waals surface area contributed by atoms with Crippen molar-refractivity contribution < 1.29 is 13.2 Å². The van der Waals surface area contributed by atoms with Crippen LogP contribution in [0.5, 0.6) is 0 Å². The van der Waals surface area contributed by atoms with E-state index in [-0.39, 0.29) is 5.03 Å². The molecule has 114 valence electrons. The molecule has 3 rings (SSSR count). The second-order valence-corrected chi connectivity index (χ2v) is 7.06. The van der Waals surface area contributed by atoms with Crippen molar-refractivity contribution in [2.45, 2.75) is 17.9 Å². The Bertz CT molecular complexity index is 779. The zero-order chi connectivity index (χ0) is 15.6. The number of sulfonamides is 1. The predicted molar refractivity (Wildman–Crippen MR) is 83.1 cm³/mol. The number of pyridine rings is 1. The van der Waals surface area contributed by atoms with Gasteiger partial charge >= 0.3 is 0 Å². The molecule has 6 heteroatoms. The molecule has 0 atom stereocenters. The number of hydrogen-bond acceptors (Lipinski definition) is 4. The molecule has 0 N–H and O–H groups in total. The molecule has 2 aromatic rings. The highest BCUT2D eigenvalue weighted by Crippen LogP contribution is 2.29. The molecule has 0 bridgehead atoms. The number of carbonyl (C=O) groups excluding carboxylic acids is 1. The van der Waals surface area contributed by atoms with Crippen LogP contribution in [0.4, 0.5) is 0 Å². The van der Waals surface area contributed by atoms with Gasteiger partial charge in [0.1, 0.15) is 6.29 Å². The maximum atomic E-state index is 12.8. The van der Waals surface area contributed by atoms with E-state index in [1.807, 2.05) is 0 Å². The summed E-state index contributed by atoms with van der Waals surface area (Å²) < 4.78 is 27.0. The van der Waals surface area contributed by atoms with Crippen molar-refractivity contribution in [2.75, 3.05) is 13.1 Å². The van der Waals surface area contributed by atoms with Crippen LogP contribution in [0.3, 0.4) is 0 Å². The highest BCUT2D eigenvalue weighted by molar-refractivity contribution is 7.89. The van der Waals surface area contributed by atoms with Crippen LogP contribution in [0.15, 0.2) is 47.6 Å². The second-order valence-electron chi connectivity index (χ2n) is 5.21. The first-order valence-electron chi connectivity index (χ1n) is 7.14. The number of aldehydes is 1. The third-order valence-corrected chi connectivity index (χ3v) is 5.64. The van der Waals surface area contributed by atoms with Crippen LogP contribution in [-0.4, -0.2) is 37.1 Å². The maximum absolute atomic E-state index is 12.8. The SMILES string of the molecule is O=Cc1ccc(-c2cccnc2S(=O)(=O)N2CCCC2)cc1. The number of rotatable bonds is 4. The standard InChI is InChI=1S/C16H16N2O3S/c19-12-13-5-7-14(8-6-13)15-4-3-9-17-16(15)22(20,21)18-10-1-2-11-18/h3-9,12H,1-2,10-11H2. The summed E-state index contributed by atoms with van der Waals surface area (Å²) in [5.74, 6) is 0. The molecule has 0 unspecified atom stereocenters. The van der Waals surface area contributed by atoms with Gasteiger partial charge in [-0.25, -0.2) is 13.4 Å². The van der Waals surface area contributed by atoms with Gasteiger partial charge in [0.15, 0.2) is 5.03 Å². The predicted octanol–water partition coefficient (Wildman–Crippen LogP) is 2.35. The molecule has 22 heavy (non-hydrogen) atoms. The van der Waals surface area contributed by atoms with Gasteiger partial charge in [-0.3, -0.25) is 4.79 Å². The van der Waals surface area contributed by atoms with E-state index in [4.69, 9.17) is 0 Å². The minimum Gasteiger partial charge on any atom is -0.298 e. The van der Waals surface area contributed by atoms with Crippen LogP contribution in [-0.2, 0) is 10.0 Å². The van der Waals surface area contributed by atoms with Crippen LogP contribution in [0.2, 0.25) is 0 Å². The monoisotopic (exact) mass is 316 g/mol. The van der Waals surface area contributed by atoms with E-state index >= 15 is 0 Å². The highest BCUT2D eigenvalue weighted by atomic mass is 32.2. The molecule has 1 fully saturated rings. The lowest BCUT2D eigenvalue weighted by Crippen LogP contribution is -2.29. The number of aromatic nitrogens is 1. The van der Waals surface area contributed by atoms with Crippen molar-refractivity contribution in [1.82, 2.24) is 9.29 Å². The topological polar surface area (TPSA) is 67.3 Å². The average Bonchev–Trinajstić information content (AvgIpc) is 3.10. The lowest BCUT2D eigenvalue weighted by atomic mass is 10.1. The smallest absolute Gasteiger partial charge is 0.261 e. The Kier molecular flexibility index (Phi) is 4.04. The Morgan fingerprint density at radius 3 is 2.36 bits per heavy atom. The van der Waals surface area contributed by atoms with E-state index in [2.05, 4.69) is 4.98 Å². The number of hydrogen-bond donors (Lipinski definition) is 0. The van der Waals surface area contributed by atoms with E-state index in [0.29, 0.717) is 24.2 Å². The third kappa shape index (κ3) is 2.67. The molecule has 1 aliphatic rings. The largest absolute Gasteiger partial charge is 0.298 e. The molecule has 1 saturated heterocycles. The molecule has 2 heterocycles. The van der Waals surface area contributed by atoms with Gasteiger partial charge < -0.3 is 0 Å². The molecule has 0 saturated carbocycles. The minimum absolute atomic E-state index is 0.0794. The molecule has 5 nitrogen and oxygen atoms in total. The number of nitrogens with zero attached hydrogens (tertiary/aromatic N) is 2. The van der Waals surface area contributed by atoms with Gasteiger partial charge in [-0.2, -0.15) is 4.31 Å². The van der Waals surface area contributed by atoms with E-state index in [0.717, 1.165) is 24.7 Å². The van der Waals surface area contributed by atoms with Crippen LogP contribution >= 0.6 is 0 Å². The first kappa shape index (κ1) is 14.9. The first-order valence-corrected chi connectivity index (χ1v) is 8.58. The quantitative estimate of drug-likeness (QED) is 0.812. The van der Waals surface area contributed by atoms with E-state index in [1.54, 1.807) is 36.4 Å². The minimum atomic E-state index is -3.58. The summed E-state index contributed by atoms with van der Waals surface area (Å²) in [4.78, 5) is 14.9. The van der Waals surface area contributed by atoms with Gasteiger partial charge in [0, 0.05) is 30.4 Å². The van der Waals surface area contributed by atoms with E-state index in [1.165, 1.54) is 10.5 Å². The summed E-state index contributed by atoms with van der Waals surface area (Å²) in [7, 11) is -3.58. The fraction of sp³-hybridized carbons (Fsp3) is 0.250. The fourth-order valence-corrected chi connectivity index (χ4v) is 4.25. The molecule has 1 aromatic carbocycles. The molecule has 0 amide bonds. The Morgan fingerprint density at radius 2 is 1.73 bits per heavy atom. The Labute approximate surface area is 129 Å². The fourth-order valence-electron chi connectivity index (χ4n) is 2.61. The normalized spacial score (nSPS) is 15.8. The lowest BCUT2D eigenvalue weighted by molar-refractivity contribution is 0.112. The zero-order valence-corrected chi connectivity index (χ0v) is 12.8. The number of benzene rings is 1. The van der Waals surface area contributed by atoms with E-state index < -0.39 is 10.0 Å². The maximum Gasteiger partial charge on any atom is 0.261 e. The van der Waals surface area contributed by atoms with Gasteiger partial charge in [0.2, 0.25) is 0 Å². The van der Waals surface area contributed by atoms with Gasteiger partial charge in [-0.15, -0.1) is 0 Å². The van der Waals surface area contributed by atoms with Gasteiger partial charge in [-0.05, 0) is 30.5 Å². The van der Waals surface area contributed by atoms with Gasteiger partial charge in [0.05, 0.1) is 0 Å². The van der Waals surface area contributed by atoms with Crippen molar-refractivity contribution in [3.05, 3.63) is 48.2 Å². The second kappa shape index (κ2) is 5.98. The summed E-state index contributed by atoms with van der Waals surface area (Å²) in [6.45, 7) is 1.09. The molecule has 0 aliphatic carbocycles. The zero-order valence-electron chi connectivity index (χ0n) is 12.0. The van der Waals surface area contributed by atoms with Crippen molar-refractivity contribution in [2.24, 2.45) is 0 Å². The molecule has 0 spiro atoms. The van der Waals surface area contributed by atoms with Crippen LogP contribution in [0.1, 0.15) is 23.2 Å². The lowest BCUT2D eigenvalue weighted by Gasteiger charge is -2.17. The Hall–Kier alpha value is -2.05. The molecular formula is C16H16N2O3S. The van der Waals surface area contributed by atoms with Crippen LogP contribution in [0.25, 0.3) is 11.1 Å². The molecule has 1 aromatic heterocycles. The van der Waals surface area contributed by atoms with Crippen LogP contribution < -0.4 is 0 Å². The van der Waals surface area contributed by atoms with Crippen molar-refractivity contribution in [3.63, 3.8) is 0 Å². The van der Waals surface area contributed by atoms with Gasteiger partial charge in [-0.1, -0.05) is 24.3 Å². The van der Waals surface area contributed by atoms with Crippen molar-refractivity contribution in [1.29, 1.82) is 0 Å². The highest BCUT2D eigenvalue weighted by Gasteiger charge is 2.30. The Morgan fingerprint density at radius 1 is 1.05 bits per heavy atom. The van der Waals surface area contributed by atoms with Crippen molar-refractivity contribution in [3.8, 4) is 11.1 Å². The van der Waals surface area contributed by atoms with E-state index in [9.17, 15) is 13.2 Å².